The molecule has 5 rings (SSSR count). The highest BCUT2D eigenvalue weighted by Crippen LogP contribution is 2.43. The van der Waals surface area contributed by atoms with Crippen molar-refractivity contribution in [3.05, 3.63) is 59.9 Å². The third-order valence-corrected chi connectivity index (χ3v) is 10.2. The van der Waals surface area contributed by atoms with Gasteiger partial charge in [0.2, 0.25) is 21.9 Å². The summed E-state index contributed by atoms with van der Waals surface area (Å²) in [6.07, 6.45) is -12.3. The lowest BCUT2D eigenvalue weighted by Crippen LogP contribution is -2.60. The Kier molecular flexibility index (Phi) is 11.6. The summed E-state index contributed by atoms with van der Waals surface area (Å²) in [4.78, 5) is 12.2. The van der Waals surface area contributed by atoms with E-state index < -0.39 is 69.5 Å². The van der Waals surface area contributed by atoms with Crippen molar-refractivity contribution in [1.82, 2.24) is 29.7 Å². The summed E-state index contributed by atoms with van der Waals surface area (Å²) in [7, 11) is -1.91. The van der Waals surface area contributed by atoms with E-state index >= 15 is 0 Å². The second kappa shape index (κ2) is 15.5. The van der Waals surface area contributed by atoms with E-state index in [0.717, 1.165) is 22.9 Å². The van der Waals surface area contributed by atoms with Gasteiger partial charge in [0.1, 0.15) is 47.1 Å². The molecule has 54 heavy (non-hydrogen) atoms. The highest BCUT2D eigenvalue weighted by atomic mass is 32.2. The van der Waals surface area contributed by atoms with Crippen LogP contribution in [0.1, 0.15) is 37.4 Å². The van der Waals surface area contributed by atoms with Gasteiger partial charge in [-0.3, -0.25) is 9.29 Å². The summed E-state index contributed by atoms with van der Waals surface area (Å²) in [5.41, 5.74) is -5.64. The Hall–Kier alpha value is -4.87. The van der Waals surface area contributed by atoms with E-state index in [1.165, 1.54) is 52.3 Å². The summed E-state index contributed by atoms with van der Waals surface area (Å²) in [5.74, 6) is -3.23. The molecule has 1 aromatic carbocycles. The number of halogens is 7. The van der Waals surface area contributed by atoms with Crippen molar-refractivity contribution in [2.75, 3.05) is 45.4 Å². The summed E-state index contributed by atoms with van der Waals surface area (Å²) in [5, 5.41) is 16.2. The lowest BCUT2D eigenvalue weighted by molar-refractivity contribution is -0.373. The SMILES string of the molecule is COc1cccc(OC)c1-n1c(NS(=O)(=O)[C@@H](C)[C@H](C)c2ncc(F)c(C3COCCO3)n2)nnc1-c1cccc(OCC(O)(C(F)(F)F)C(F)(F)F)n1. The van der Waals surface area contributed by atoms with Gasteiger partial charge >= 0.3 is 12.4 Å². The smallest absolute Gasteiger partial charge is 0.429 e. The van der Waals surface area contributed by atoms with Crippen molar-refractivity contribution in [1.29, 1.82) is 0 Å². The second-order valence-corrected chi connectivity index (χ2v) is 13.8. The first kappa shape index (κ1) is 40.3. The number of alkyl halides is 6. The molecule has 1 aliphatic heterocycles. The Balaban J connectivity index is 1.53. The number of anilines is 1. The number of rotatable bonds is 13. The van der Waals surface area contributed by atoms with Gasteiger partial charge < -0.3 is 28.8 Å². The molecule has 0 bridgehead atoms. The van der Waals surface area contributed by atoms with E-state index in [1.807, 2.05) is 0 Å². The van der Waals surface area contributed by atoms with Gasteiger partial charge in [-0.2, -0.15) is 26.3 Å². The van der Waals surface area contributed by atoms with Gasteiger partial charge in [-0.1, -0.05) is 19.1 Å². The number of nitrogens with one attached hydrogen (secondary N) is 1. The fourth-order valence-corrected chi connectivity index (χ4v) is 6.32. The zero-order chi connectivity index (χ0) is 39.6. The zero-order valence-electron chi connectivity index (χ0n) is 28.6. The van der Waals surface area contributed by atoms with Gasteiger partial charge in [-0.25, -0.2) is 27.8 Å². The molecule has 0 spiro atoms. The third kappa shape index (κ3) is 7.98. The Bertz CT molecular complexity index is 2030. The lowest BCUT2D eigenvalue weighted by atomic mass is 10.0. The first-order valence-corrected chi connectivity index (χ1v) is 17.2. The standard InChI is InChI=1S/C31H32F7N7O8S/c1-16(26-39-13-18(32)24(41-26)22-14-51-11-12-52-22)17(2)54(47,48)44-28-43-42-27(45(28)25-20(49-3)8-6-9-21(25)50-4)19-7-5-10-23(40-19)53-15-29(46,30(33,34)35)31(36,37)38/h5-10,13,16-17,22,46H,11-12,14-15H2,1-4H3,(H,43,44)/t16-,17-,22?/m0/s1. The molecule has 2 N–H and O–H groups in total. The zero-order valence-corrected chi connectivity index (χ0v) is 29.5. The maximum atomic E-state index is 14.7. The average Bonchev–Trinajstić information content (AvgIpc) is 3.54. The summed E-state index contributed by atoms with van der Waals surface area (Å²) in [6.45, 7) is 1.05. The number of ether oxygens (including phenoxy) is 5. The number of benzene rings is 1. The van der Waals surface area contributed by atoms with Crippen LogP contribution in [-0.4, -0.2) is 107 Å². The van der Waals surface area contributed by atoms with Crippen molar-refractivity contribution in [2.24, 2.45) is 0 Å². The molecule has 0 aliphatic carbocycles. The number of aromatic nitrogens is 6. The predicted octanol–water partition coefficient (Wildman–Crippen LogP) is 4.53. The number of para-hydroxylation sites is 1. The number of pyridine rings is 1. The van der Waals surface area contributed by atoms with E-state index in [4.69, 9.17) is 23.7 Å². The number of sulfonamides is 1. The molecule has 15 nitrogen and oxygen atoms in total. The quantitative estimate of drug-likeness (QED) is 0.180. The molecule has 0 radical (unpaired) electrons. The van der Waals surface area contributed by atoms with Gasteiger partial charge in [-0.05, 0) is 25.1 Å². The Labute approximate surface area is 302 Å². The molecule has 3 aromatic heterocycles. The fourth-order valence-electron chi connectivity index (χ4n) is 5.09. The molecule has 1 unspecified atom stereocenters. The van der Waals surface area contributed by atoms with Crippen molar-refractivity contribution >= 4 is 16.0 Å². The summed E-state index contributed by atoms with van der Waals surface area (Å²) in [6, 6.07) is 7.77. The number of nitrogens with zero attached hydrogens (tertiary/aromatic N) is 6. The van der Waals surface area contributed by atoms with Crippen LogP contribution in [0.4, 0.5) is 36.7 Å². The molecule has 1 aliphatic rings. The molecular weight excluding hydrogens is 763 g/mol. The van der Waals surface area contributed by atoms with Crippen molar-refractivity contribution in [3.8, 4) is 34.6 Å². The van der Waals surface area contributed by atoms with E-state index in [0.29, 0.717) is 6.61 Å². The van der Waals surface area contributed by atoms with Gasteiger partial charge in [0.15, 0.2) is 11.6 Å². The van der Waals surface area contributed by atoms with Crippen molar-refractivity contribution in [2.45, 2.75) is 49.1 Å². The molecule has 0 amide bonds. The topological polar surface area (TPSA) is 182 Å². The van der Waals surface area contributed by atoms with Gasteiger partial charge in [0.25, 0.3) is 5.60 Å². The first-order chi connectivity index (χ1) is 25.3. The molecule has 4 heterocycles. The van der Waals surface area contributed by atoms with Crippen LogP contribution in [0, 0.1) is 5.82 Å². The number of hydrogen-bond donors (Lipinski definition) is 2. The van der Waals surface area contributed by atoms with E-state index in [1.54, 1.807) is 0 Å². The fraction of sp³-hybridized carbons (Fsp3) is 0.452. The van der Waals surface area contributed by atoms with Gasteiger partial charge in [0.05, 0.1) is 45.5 Å². The third-order valence-electron chi connectivity index (χ3n) is 8.35. The van der Waals surface area contributed by atoms with E-state index in [9.17, 15) is 44.3 Å². The van der Waals surface area contributed by atoms with Crippen LogP contribution in [-0.2, 0) is 19.5 Å². The van der Waals surface area contributed by atoms with E-state index in [-0.39, 0.29) is 53.4 Å². The minimum absolute atomic E-state index is 0.00116. The Morgan fingerprint density at radius 1 is 0.981 bits per heavy atom. The normalized spacial score (nSPS) is 16.8. The average molecular weight is 796 g/mol. The van der Waals surface area contributed by atoms with Crippen LogP contribution in [0.15, 0.2) is 42.6 Å². The maximum absolute atomic E-state index is 14.7. The van der Waals surface area contributed by atoms with Crippen molar-refractivity contribution < 1.29 is 67.9 Å². The van der Waals surface area contributed by atoms with Crippen LogP contribution in [0.25, 0.3) is 17.2 Å². The van der Waals surface area contributed by atoms with Crippen LogP contribution < -0.4 is 18.9 Å². The predicted molar refractivity (Wildman–Crippen MR) is 172 cm³/mol. The molecular formula is C31H32F7N7O8S. The lowest BCUT2D eigenvalue weighted by Gasteiger charge is -2.31. The molecule has 3 atom stereocenters. The maximum Gasteiger partial charge on any atom is 0.429 e. The molecule has 4 aromatic rings. The van der Waals surface area contributed by atoms with Crippen LogP contribution >= 0.6 is 0 Å². The highest BCUT2D eigenvalue weighted by Gasteiger charge is 2.71. The van der Waals surface area contributed by atoms with Gasteiger partial charge in [-0.15, -0.1) is 10.2 Å². The number of methoxy groups -OCH3 is 2. The first-order valence-electron chi connectivity index (χ1n) is 15.7. The summed E-state index contributed by atoms with van der Waals surface area (Å²) >= 11 is 0. The number of aliphatic hydroxyl groups is 1. The Morgan fingerprint density at radius 2 is 1.63 bits per heavy atom. The second-order valence-electron chi connectivity index (χ2n) is 11.7. The molecule has 23 heteroatoms. The number of hydrogen-bond acceptors (Lipinski definition) is 13. The van der Waals surface area contributed by atoms with Crippen molar-refractivity contribution in [3.63, 3.8) is 0 Å². The van der Waals surface area contributed by atoms with Gasteiger partial charge in [0, 0.05) is 12.0 Å². The van der Waals surface area contributed by atoms with E-state index in [2.05, 4.69) is 29.9 Å². The highest BCUT2D eigenvalue weighted by molar-refractivity contribution is 7.93. The van der Waals surface area contributed by atoms with Crippen LogP contribution in [0.2, 0.25) is 0 Å². The molecule has 294 valence electrons. The molecule has 0 saturated carbocycles. The minimum atomic E-state index is -6.16. The van der Waals surface area contributed by atoms with Crippen LogP contribution in [0.5, 0.6) is 17.4 Å². The molecule has 1 saturated heterocycles. The largest absolute Gasteiger partial charge is 0.494 e. The monoisotopic (exact) mass is 795 g/mol. The Morgan fingerprint density at radius 3 is 2.22 bits per heavy atom. The summed E-state index contributed by atoms with van der Waals surface area (Å²) < 4.78 is 152. The molecule has 1 fully saturated rings. The van der Waals surface area contributed by atoms with Crippen LogP contribution in [0.3, 0.4) is 0 Å². The minimum Gasteiger partial charge on any atom is -0.494 e.